The van der Waals surface area contributed by atoms with E-state index in [-0.39, 0.29) is 11.7 Å². The molecule has 2 rings (SSSR count). The summed E-state index contributed by atoms with van der Waals surface area (Å²) in [5, 5.41) is 0. The molecule has 0 aliphatic heterocycles. The SMILES string of the molecule is CC(C)C(C)c1ncccn1.CC(C)C(C)c1ncncc1F. The molecule has 0 spiro atoms. The number of aromatic nitrogens is 4. The molecule has 5 heteroatoms. The Morgan fingerprint density at radius 1 is 0.826 bits per heavy atom. The van der Waals surface area contributed by atoms with Gasteiger partial charge in [0.05, 0.1) is 11.9 Å². The molecule has 0 bridgehead atoms. The van der Waals surface area contributed by atoms with Crippen LogP contribution in [-0.4, -0.2) is 19.9 Å². The molecule has 2 aromatic heterocycles. The van der Waals surface area contributed by atoms with Crippen LogP contribution in [0.3, 0.4) is 0 Å². The third kappa shape index (κ3) is 6.00. The minimum atomic E-state index is -0.307. The fraction of sp³-hybridized carbons (Fsp3) is 0.556. The Labute approximate surface area is 138 Å². The second kappa shape index (κ2) is 9.28. The van der Waals surface area contributed by atoms with Crippen LogP contribution in [0.15, 0.2) is 31.0 Å². The third-order valence-corrected chi connectivity index (χ3v) is 4.12. The van der Waals surface area contributed by atoms with Gasteiger partial charge in [0.1, 0.15) is 12.2 Å². The van der Waals surface area contributed by atoms with Crippen LogP contribution in [0.1, 0.15) is 64.9 Å². The smallest absolute Gasteiger partial charge is 0.163 e. The minimum Gasteiger partial charge on any atom is -0.242 e. The summed E-state index contributed by atoms with van der Waals surface area (Å²) < 4.78 is 13.1. The van der Waals surface area contributed by atoms with Crippen molar-refractivity contribution in [2.24, 2.45) is 11.8 Å². The Kier molecular flexibility index (Phi) is 7.72. The lowest BCUT2D eigenvalue weighted by molar-refractivity contribution is 0.484. The molecule has 0 radical (unpaired) electrons. The lowest BCUT2D eigenvalue weighted by atomic mass is 9.94. The van der Waals surface area contributed by atoms with Gasteiger partial charge in [-0.25, -0.2) is 24.3 Å². The standard InChI is InChI=1S/C9H13FN2.C9H14N2/c1-6(2)7(3)9-8(10)4-11-5-12-9;1-7(2)8(3)9-10-5-4-6-11-9/h4-7H,1-3H3;4-8H,1-3H3. The average molecular weight is 318 g/mol. The fourth-order valence-corrected chi connectivity index (χ4v) is 1.82. The van der Waals surface area contributed by atoms with E-state index in [4.69, 9.17) is 0 Å². The summed E-state index contributed by atoms with van der Waals surface area (Å²) in [6.07, 6.45) is 6.18. The Bertz CT molecular complexity index is 572. The molecule has 0 aliphatic rings. The summed E-state index contributed by atoms with van der Waals surface area (Å²) in [5.41, 5.74) is 0.514. The van der Waals surface area contributed by atoms with Crippen molar-refractivity contribution in [2.75, 3.05) is 0 Å². The average Bonchev–Trinajstić information content (AvgIpc) is 2.55. The molecule has 0 N–H and O–H groups in total. The molecule has 0 aliphatic carbocycles. The van der Waals surface area contributed by atoms with Crippen molar-refractivity contribution in [1.29, 1.82) is 0 Å². The highest BCUT2D eigenvalue weighted by Gasteiger charge is 2.15. The fourth-order valence-electron chi connectivity index (χ4n) is 1.82. The maximum Gasteiger partial charge on any atom is 0.163 e. The van der Waals surface area contributed by atoms with Crippen molar-refractivity contribution in [1.82, 2.24) is 19.9 Å². The maximum atomic E-state index is 13.1. The topological polar surface area (TPSA) is 51.6 Å². The first-order valence-corrected chi connectivity index (χ1v) is 8.06. The summed E-state index contributed by atoms with van der Waals surface area (Å²) in [5.74, 6) is 2.25. The van der Waals surface area contributed by atoms with E-state index < -0.39 is 0 Å². The van der Waals surface area contributed by atoms with Gasteiger partial charge < -0.3 is 0 Å². The molecular weight excluding hydrogens is 291 g/mol. The molecule has 2 atom stereocenters. The quantitative estimate of drug-likeness (QED) is 0.826. The molecule has 0 saturated heterocycles. The van der Waals surface area contributed by atoms with Gasteiger partial charge in [-0.05, 0) is 17.9 Å². The molecular formula is C18H27FN4. The zero-order chi connectivity index (χ0) is 17.4. The molecule has 0 fully saturated rings. The van der Waals surface area contributed by atoms with Crippen LogP contribution in [0, 0.1) is 17.7 Å². The number of hydrogen-bond acceptors (Lipinski definition) is 4. The number of nitrogens with zero attached hydrogens (tertiary/aromatic N) is 4. The van der Waals surface area contributed by atoms with Crippen LogP contribution in [0.2, 0.25) is 0 Å². The molecule has 23 heavy (non-hydrogen) atoms. The monoisotopic (exact) mass is 318 g/mol. The molecule has 4 nitrogen and oxygen atoms in total. The number of rotatable bonds is 4. The summed E-state index contributed by atoms with van der Waals surface area (Å²) >= 11 is 0. The zero-order valence-corrected chi connectivity index (χ0v) is 14.9. The lowest BCUT2D eigenvalue weighted by Gasteiger charge is -2.14. The van der Waals surface area contributed by atoms with E-state index in [1.165, 1.54) is 12.5 Å². The molecule has 0 amide bonds. The van der Waals surface area contributed by atoms with E-state index in [1.54, 1.807) is 12.4 Å². The highest BCUT2D eigenvalue weighted by Crippen LogP contribution is 2.22. The van der Waals surface area contributed by atoms with E-state index >= 15 is 0 Å². The normalized spacial score (nSPS) is 13.4. The van der Waals surface area contributed by atoms with Gasteiger partial charge in [-0.15, -0.1) is 0 Å². The Morgan fingerprint density at radius 2 is 1.39 bits per heavy atom. The van der Waals surface area contributed by atoms with Gasteiger partial charge in [-0.2, -0.15) is 0 Å². The van der Waals surface area contributed by atoms with Crippen molar-refractivity contribution in [3.63, 3.8) is 0 Å². The van der Waals surface area contributed by atoms with Crippen molar-refractivity contribution in [2.45, 2.75) is 53.4 Å². The van der Waals surface area contributed by atoms with Gasteiger partial charge in [0, 0.05) is 24.2 Å². The van der Waals surface area contributed by atoms with E-state index in [0.717, 1.165) is 5.82 Å². The van der Waals surface area contributed by atoms with Crippen LogP contribution in [0.4, 0.5) is 4.39 Å². The molecule has 126 valence electrons. The first-order valence-electron chi connectivity index (χ1n) is 8.06. The van der Waals surface area contributed by atoms with E-state index in [0.29, 0.717) is 23.4 Å². The second-order valence-corrected chi connectivity index (χ2v) is 6.43. The van der Waals surface area contributed by atoms with E-state index in [2.05, 4.69) is 40.7 Å². The van der Waals surface area contributed by atoms with Crippen LogP contribution < -0.4 is 0 Å². The number of hydrogen-bond donors (Lipinski definition) is 0. The van der Waals surface area contributed by atoms with Gasteiger partial charge in [-0.1, -0.05) is 41.5 Å². The zero-order valence-electron chi connectivity index (χ0n) is 14.9. The summed E-state index contributed by atoms with van der Waals surface area (Å²) in [6.45, 7) is 12.6. The minimum absolute atomic E-state index is 0.146. The predicted octanol–water partition coefficient (Wildman–Crippen LogP) is 4.61. The van der Waals surface area contributed by atoms with Gasteiger partial charge in [-0.3, -0.25) is 0 Å². The highest BCUT2D eigenvalue weighted by molar-refractivity contribution is 5.08. The van der Waals surface area contributed by atoms with Crippen molar-refractivity contribution in [3.8, 4) is 0 Å². The first kappa shape index (κ1) is 19.1. The Hall–Kier alpha value is -1.91. The Balaban J connectivity index is 0.000000231. The van der Waals surface area contributed by atoms with Gasteiger partial charge >= 0.3 is 0 Å². The van der Waals surface area contributed by atoms with Crippen molar-refractivity contribution < 1.29 is 4.39 Å². The summed E-state index contributed by atoms with van der Waals surface area (Å²) in [4.78, 5) is 15.9. The summed E-state index contributed by atoms with van der Waals surface area (Å²) in [6, 6.07) is 1.84. The maximum absolute atomic E-state index is 13.1. The van der Waals surface area contributed by atoms with Gasteiger partial charge in [0.2, 0.25) is 0 Å². The molecule has 2 unspecified atom stereocenters. The Morgan fingerprint density at radius 3 is 1.87 bits per heavy atom. The van der Waals surface area contributed by atoms with Gasteiger partial charge in [0.15, 0.2) is 5.82 Å². The third-order valence-electron chi connectivity index (χ3n) is 4.12. The van der Waals surface area contributed by atoms with E-state index in [9.17, 15) is 4.39 Å². The van der Waals surface area contributed by atoms with Crippen LogP contribution in [-0.2, 0) is 0 Å². The first-order chi connectivity index (χ1) is 10.8. The lowest BCUT2D eigenvalue weighted by Crippen LogP contribution is -2.07. The largest absolute Gasteiger partial charge is 0.242 e. The molecule has 0 saturated carbocycles. The molecule has 2 aromatic rings. The van der Waals surface area contributed by atoms with E-state index in [1.807, 2.05) is 26.8 Å². The second-order valence-electron chi connectivity index (χ2n) is 6.43. The highest BCUT2D eigenvalue weighted by atomic mass is 19.1. The van der Waals surface area contributed by atoms with Gasteiger partial charge in [0.25, 0.3) is 0 Å². The summed E-state index contributed by atoms with van der Waals surface area (Å²) in [7, 11) is 0. The van der Waals surface area contributed by atoms with Crippen molar-refractivity contribution >= 4 is 0 Å². The molecule has 0 aromatic carbocycles. The van der Waals surface area contributed by atoms with Crippen LogP contribution >= 0.6 is 0 Å². The van der Waals surface area contributed by atoms with Crippen molar-refractivity contribution in [3.05, 3.63) is 48.3 Å². The molecule has 2 heterocycles. The van der Waals surface area contributed by atoms with Crippen LogP contribution in [0.25, 0.3) is 0 Å². The number of halogens is 1. The van der Waals surface area contributed by atoms with Crippen LogP contribution in [0.5, 0.6) is 0 Å². The predicted molar refractivity (Wildman–Crippen MR) is 90.5 cm³/mol.